The number of carbonyl (C=O) groups excluding carboxylic acids is 2. The number of hydrogen-bond acceptors (Lipinski definition) is 4. The van der Waals surface area contributed by atoms with Crippen molar-refractivity contribution in [3.05, 3.63) is 57.6 Å². The van der Waals surface area contributed by atoms with Crippen LogP contribution in [0, 0.1) is 0 Å². The molecule has 2 aromatic rings. The van der Waals surface area contributed by atoms with Crippen LogP contribution in [0.3, 0.4) is 0 Å². The van der Waals surface area contributed by atoms with Crippen LogP contribution < -0.4 is 15.5 Å². The monoisotopic (exact) mass is 450 g/mol. The molecule has 0 heterocycles. The van der Waals surface area contributed by atoms with Crippen LogP contribution in [0.25, 0.3) is 0 Å². The summed E-state index contributed by atoms with van der Waals surface area (Å²) in [6.45, 7) is 7.39. The molecule has 0 aliphatic heterocycles. The molecule has 0 atom stereocenters. The lowest BCUT2D eigenvalue weighted by atomic mass is 10.1. The van der Waals surface area contributed by atoms with Crippen molar-refractivity contribution in [2.75, 3.05) is 50.5 Å². The molecular weight excluding hydrogens is 423 g/mol. The molecule has 0 saturated heterocycles. The van der Waals surface area contributed by atoms with E-state index in [-0.39, 0.29) is 11.8 Å². The third-order valence-corrected chi connectivity index (χ3v) is 5.51. The van der Waals surface area contributed by atoms with Gasteiger partial charge in [-0.25, -0.2) is 0 Å². The predicted molar refractivity (Wildman–Crippen MR) is 125 cm³/mol. The maximum atomic E-state index is 12.8. The Morgan fingerprint density at radius 2 is 1.63 bits per heavy atom. The molecule has 2 N–H and O–H groups in total. The zero-order valence-corrected chi connectivity index (χ0v) is 19.3. The average Bonchev–Trinajstić information content (AvgIpc) is 2.72. The maximum absolute atomic E-state index is 12.8. The molecule has 0 saturated carbocycles. The Morgan fingerprint density at radius 3 is 2.23 bits per heavy atom. The van der Waals surface area contributed by atoms with Crippen molar-refractivity contribution in [1.82, 2.24) is 10.2 Å². The molecule has 0 unspecified atom stereocenters. The van der Waals surface area contributed by atoms with Crippen LogP contribution in [0.2, 0.25) is 10.0 Å². The summed E-state index contributed by atoms with van der Waals surface area (Å²) in [6, 6.07) is 9.92. The minimum Gasteiger partial charge on any atom is -0.377 e. The number of rotatable bonds is 9. The number of halogens is 2. The Morgan fingerprint density at radius 1 is 0.933 bits per heavy atom. The molecule has 30 heavy (non-hydrogen) atoms. The topological polar surface area (TPSA) is 64.7 Å². The maximum Gasteiger partial charge on any atom is 0.255 e. The van der Waals surface area contributed by atoms with Crippen LogP contribution >= 0.6 is 23.2 Å². The lowest BCUT2D eigenvalue weighted by Gasteiger charge is -2.20. The lowest BCUT2D eigenvalue weighted by molar-refractivity contribution is 0.0948. The highest BCUT2D eigenvalue weighted by Gasteiger charge is 2.16. The van der Waals surface area contributed by atoms with Gasteiger partial charge in [-0.15, -0.1) is 0 Å². The summed E-state index contributed by atoms with van der Waals surface area (Å²) in [4.78, 5) is 29.5. The van der Waals surface area contributed by atoms with Gasteiger partial charge >= 0.3 is 0 Å². The average molecular weight is 451 g/mol. The summed E-state index contributed by atoms with van der Waals surface area (Å²) in [6.07, 6.45) is 0. The first kappa shape index (κ1) is 24.0. The van der Waals surface area contributed by atoms with E-state index in [9.17, 15) is 9.59 Å². The second kappa shape index (κ2) is 11.2. The second-order valence-corrected chi connectivity index (χ2v) is 7.81. The molecule has 2 rings (SSSR count). The van der Waals surface area contributed by atoms with Crippen molar-refractivity contribution in [2.45, 2.75) is 13.8 Å². The second-order valence-electron chi connectivity index (χ2n) is 6.99. The summed E-state index contributed by atoms with van der Waals surface area (Å²) in [7, 11) is 3.74. The Hall–Kier alpha value is -2.28. The van der Waals surface area contributed by atoms with Gasteiger partial charge in [-0.05, 0) is 49.5 Å². The fourth-order valence-corrected chi connectivity index (χ4v) is 3.29. The highest BCUT2D eigenvalue weighted by Crippen LogP contribution is 2.25. The molecule has 6 nitrogen and oxygen atoms in total. The Labute approximate surface area is 188 Å². The van der Waals surface area contributed by atoms with E-state index in [1.54, 1.807) is 24.3 Å². The molecule has 162 valence electrons. The molecule has 0 radical (unpaired) electrons. The number of benzene rings is 2. The summed E-state index contributed by atoms with van der Waals surface area (Å²) < 4.78 is 0. The van der Waals surface area contributed by atoms with E-state index < -0.39 is 0 Å². The van der Waals surface area contributed by atoms with Gasteiger partial charge < -0.3 is 20.4 Å². The van der Waals surface area contributed by atoms with Gasteiger partial charge in [-0.2, -0.15) is 0 Å². The Kier molecular flexibility index (Phi) is 8.96. The van der Waals surface area contributed by atoms with E-state index in [1.807, 2.05) is 25.1 Å². The highest BCUT2D eigenvalue weighted by molar-refractivity contribution is 6.42. The largest absolute Gasteiger partial charge is 0.377 e. The van der Waals surface area contributed by atoms with Crippen molar-refractivity contribution in [3.63, 3.8) is 0 Å². The van der Waals surface area contributed by atoms with Crippen molar-refractivity contribution < 1.29 is 9.59 Å². The lowest BCUT2D eigenvalue weighted by Crippen LogP contribution is -2.35. The van der Waals surface area contributed by atoms with Gasteiger partial charge in [0.25, 0.3) is 11.8 Å². The molecular formula is C22H28Cl2N4O2. The first-order chi connectivity index (χ1) is 14.3. The standard InChI is InChI=1S/C22H28Cl2N4O2/c1-5-28(6-2)12-11-25-22(30)17-14-16(8-10-20(17)27(3)4)26-21(29)15-7-9-18(23)19(24)13-15/h7-10,13-14H,5-6,11-12H2,1-4H3,(H,25,30)(H,26,29). The Balaban J connectivity index is 2.17. The zero-order chi connectivity index (χ0) is 22.3. The van der Waals surface area contributed by atoms with Gasteiger partial charge in [0.15, 0.2) is 0 Å². The molecule has 2 aromatic carbocycles. The number of nitrogens with zero attached hydrogens (tertiary/aromatic N) is 2. The number of anilines is 2. The summed E-state index contributed by atoms with van der Waals surface area (Å²) >= 11 is 11.9. The molecule has 0 bridgehead atoms. The molecule has 0 fully saturated rings. The van der Waals surface area contributed by atoms with Crippen molar-refractivity contribution in [1.29, 1.82) is 0 Å². The molecule has 0 aliphatic carbocycles. The fraction of sp³-hybridized carbons (Fsp3) is 0.364. The molecule has 0 aliphatic rings. The van der Waals surface area contributed by atoms with E-state index in [2.05, 4.69) is 29.4 Å². The summed E-state index contributed by atoms with van der Waals surface area (Å²) in [5.41, 5.74) is 2.16. The number of hydrogen-bond donors (Lipinski definition) is 2. The van der Waals surface area contributed by atoms with Gasteiger partial charge in [-0.1, -0.05) is 37.0 Å². The van der Waals surface area contributed by atoms with Crippen LogP contribution in [0.4, 0.5) is 11.4 Å². The van der Waals surface area contributed by atoms with Crippen LogP contribution in [0.5, 0.6) is 0 Å². The summed E-state index contributed by atoms with van der Waals surface area (Å²) in [5.74, 6) is -0.518. The minimum absolute atomic E-state index is 0.184. The van der Waals surface area contributed by atoms with Gasteiger partial charge in [0.1, 0.15) is 0 Å². The molecule has 0 aromatic heterocycles. The molecule has 2 amide bonds. The number of likely N-dealkylation sites (N-methyl/N-ethyl adjacent to an activating group) is 1. The predicted octanol–water partition coefficient (Wildman–Crippen LogP) is 4.38. The minimum atomic E-state index is -0.334. The van der Waals surface area contributed by atoms with Crippen LogP contribution in [-0.4, -0.2) is 57.0 Å². The van der Waals surface area contributed by atoms with E-state index in [0.29, 0.717) is 33.4 Å². The molecule has 8 heteroatoms. The van der Waals surface area contributed by atoms with Gasteiger partial charge in [-0.3, -0.25) is 9.59 Å². The fourth-order valence-electron chi connectivity index (χ4n) is 2.99. The van der Waals surface area contributed by atoms with Gasteiger partial charge in [0.2, 0.25) is 0 Å². The number of nitrogens with one attached hydrogen (secondary N) is 2. The third-order valence-electron chi connectivity index (χ3n) is 4.77. The van der Waals surface area contributed by atoms with E-state index >= 15 is 0 Å². The first-order valence-corrected chi connectivity index (χ1v) is 10.6. The van der Waals surface area contributed by atoms with Crippen molar-refractivity contribution >= 4 is 46.4 Å². The SMILES string of the molecule is CCN(CC)CCNC(=O)c1cc(NC(=O)c2ccc(Cl)c(Cl)c2)ccc1N(C)C. The van der Waals surface area contributed by atoms with Gasteiger partial charge in [0, 0.05) is 44.1 Å². The number of carbonyl (C=O) groups is 2. The zero-order valence-electron chi connectivity index (χ0n) is 17.8. The van der Waals surface area contributed by atoms with Crippen molar-refractivity contribution in [3.8, 4) is 0 Å². The smallest absolute Gasteiger partial charge is 0.255 e. The highest BCUT2D eigenvalue weighted by atomic mass is 35.5. The number of amides is 2. The summed E-state index contributed by atoms with van der Waals surface area (Å²) in [5, 5.41) is 6.47. The Bertz CT molecular complexity index is 899. The van der Waals surface area contributed by atoms with Gasteiger partial charge in [0.05, 0.1) is 15.6 Å². The first-order valence-electron chi connectivity index (χ1n) is 9.85. The van der Waals surface area contributed by atoms with E-state index in [4.69, 9.17) is 23.2 Å². The van der Waals surface area contributed by atoms with Crippen molar-refractivity contribution in [2.24, 2.45) is 0 Å². The van der Waals surface area contributed by atoms with Crippen LogP contribution in [0.15, 0.2) is 36.4 Å². The van der Waals surface area contributed by atoms with Crippen LogP contribution in [0.1, 0.15) is 34.6 Å². The normalized spacial score (nSPS) is 10.8. The van der Waals surface area contributed by atoms with Crippen LogP contribution in [-0.2, 0) is 0 Å². The molecule has 0 spiro atoms. The quantitative estimate of drug-likeness (QED) is 0.594. The van der Waals surface area contributed by atoms with E-state index in [0.717, 1.165) is 25.3 Å². The van der Waals surface area contributed by atoms with E-state index in [1.165, 1.54) is 6.07 Å². The third kappa shape index (κ3) is 6.36.